The fraction of sp³-hybridized carbons (Fsp3) is 0.800. The Hall–Kier alpha value is -2.67. The lowest BCUT2D eigenvalue weighted by atomic mass is 9.76. The van der Waals surface area contributed by atoms with Gasteiger partial charge in [-0.3, -0.25) is 14.4 Å². The van der Waals surface area contributed by atoms with Gasteiger partial charge in [-0.2, -0.15) is 0 Å². The molecule has 1 heterocycles. The maximum absolute atomic E-state index is 12.8. The highest BCUT2D eigenvalue weighted by molar-refractivity contribution is 8.00. The molecule has 3 amide bonds. The number of likely N-dealkylation sites (tertiary alicyclic amines) is 1. The number of nitrogens with zero attached hydrogens (tertiary/aromatic N) is 3. The number of nitrogens with one attached hydrogen (secondary N) is 1. The van der Waals surface area contributed by atoms with E-state index in [2.05, 4.69) is 10.7 Å². The van der Waals surface area contributed by atoms with Gasteiger partial charge in [0.25, 0.3) is 0 Å². The van der Waals surface area contributed by atoms with Crippen LogP contribution in [0, 0.1) is 16.7 Å². The molecule has 0 aromatic heterocycles. The Morgan fingerprint density at radius 2 is 1.91 bits per heavy atom. The minimum atomic E-state index is -0.834. The molecule has 43 heavy (non-hydrogen) atoms. The molecular formula is C30H50N6O6S. The van der Waals surface area contributed by atoms with Gasteiger partial charge < -0.3 is 36.2 Å². The third-order valence-corrected chi connectivity index (χ3v) is 10.3. The number of allylic oxidation sites excluding steroid dienone is 2. The van der Waals surface area contributed by atoms with Crippen LogP contribution >= 0.6 is 11.8 Å². The lowest BCUT2D eigenvalue weighted by Gasteiger charge is -2.35. The van der Waals surface area contributed by atoms with Crippen LogP contribution in [0.3, 0.4) is 0 Å². The summed E-state index contributed by atoms with van der Waals surface area (Å²) in [7, 11) is 1.80. The number of thioether (sulfide) groups is 1. The molecule has 0 radical (unpaired) electrons. The Morgan fingerprint density at radius 1 is 1.16 bits per heavy atom. The number of aldehydes is 1. The molecule has 0 bridgehead atoms. The topological polar surface area (TPSA) is 177 Å². The molecule has 2 saturated carbocycles. The van der Waals surface area contributed by atoms with Gasteiger partial charge in [-0.15, -0.1) is 16.7 Å². The molecule has 3 aliphatic rings. The first-order valence-electron chi connectivity index (χ1n) is 15.8. The second-order valence-corrected chi connectivity index (χ2v) is 13.5. The molecule has 3 rings (SSSR count). The van der Waals surface area contributed by atoms with Gasteiger partial charge in [0, 0.05) is 57.4 Å². The molecule has 1 aliphatic heterocycles. The second kappa shape index (κ2) is 18.2. The lowest BCUT2D eigenvalue weighted by Crippen LogP contribution is -2.39. The minimum Gasteiger partial charge on any atom is -0.388 e. The first-order valence-corrected chi connectivity index (χ1v) is 16.8. The molecule has 12 nitrogen and oxygen atoms in total. The first-order chi connectivity index (χ1) is 20.7. The Bertz CT molecular complexity index is 982. The first kappa shape index (κ1) is 34.8. The zero-order valence-electron chi connectivity index (χ0n) is 25.5. The van der Waals surface area contributed by atoms with Crippen molar-refractivity contribution in [2.75, 3.05) is 39.0 Å². The van der Waals surface area contributed by atoms with Crippen molar-refractivity contribution in [1.29, 1.82) is 0 Å². The van der Waals surface area contributed by atoms with Crippen molar-refractivity contribution >= 4 is 35.8 Å². The number of hydrogen-bond acceptors (Lipinski definition) is 10. The van der Waals surface area contributed by atoms with Gasteiger partial charge in [0.15, 0.2) is 5.34 Å². The van der Waals surface area contributed by atoms with Crippen molar-refractivity contribution in [3.05, 3.63) is 16.2 Å². The van der Waals surface area contributed by atoms with Crippen LogP contribution in [0.4, 0.5) is 0 Å². The van der Waals surface area contributed by atoms with E-state index in [0.29, 0.717) is 44.3 Å². The highest BCUT2D eigenvalue weighted by atomic mass is 32.2. The zero-order chi connectivity index (χ0) is 31.2. The predicted molar refractivity (Wildman–Crippen MR) is 166 cm³/mol. The summed E-state index contributed by atoms with van der Waals surface area (Å²) < 4.78 is 0. The maximum Gasteiger partial charge on any atom is 0.235 e. The number of rotatable bonds is 19. The number of primary amides is 1. The molecule has 1 saturated heterocycles. The van der Waals surface area contributed by atoms with Crippen LogP contribution < -0.4 is 16.8 Å². The number of carbonyl (C=O) groups excluding carboxylic acids is 4. The predicted octanol–water partition coefficient (Wildman–Crippen LogP) is 2.64. The van der Waals surface area contributed by atoms with Crippen molar-refractivity contribution in [3.8, 4) is 0 Å². The summed E-state index contributed by atoms with van der Waals surface area (Å²) in [5.41, 5.74) is 13.8. The molecule has 3 unspecified atom stereocenters. The van der Waals surface area contributed by atoms with Gasteiger partial charge in [0.2, 0.25) is 17.7 Å². The fourth-order valence-electron chi connectivity index (χ4n) is 6.15. The summed E-state index contributed by atoms with van der Waals surface area (Å²) in [6.07, 6.45) is 12.5. The van der Waals surface area contributed by atoms with Crippen molar-refractivity contribution in [3.63, 3.8) is 0 Å². The SMILES string of the molecule is CN(CC1CCC(C(NCCCCCC(=O)N2CCC(ON=O)C2)=C2CCC2)CC1)C(=O)CC(C=O)SCC(N)C(N)=O. The molecule has 5 N–H and O–H groups in total. The average Bonchev–Trinajstić information content (AvgIpc) is 3.44. The van der Waals surface area contributed by atoms with Crippen LogP contribution in [0.1, 0.15) is 83.5 Å². The van der Waals surface area contributed by atoms with Crippen LogP contribution in [0.25, 0.3) is 0 Å². The van der Waals surface area contributed by atoms with Crippen molar-refractivity contribution < 1.29 is 24.0 Å². The van der Waals surface area contributed by atoms with Crippen LogP contribution in [0.2, 0.25) is 0 Å². The molecule has 0 aromatic carbocycles. The van der Waals surface area contributed by atoms with E-state index < -0.39 is 17.2 Å². The lowest BCUT2D eigenvalue weighted by molar-refractivity contribution is -0.131. The smallest absolute Gasteiger partial charge is 0.235 e. The van der Waals surface area contributed by atoms with Crippen molar-refractivity contribution in [1.82, 2.24) is 15.1 Å². The fourth-order valence-corrected chi connectivity index (χ4v) is 7.11. The standard InChI is InChI=1S/C30H50N6O6S/c1-35(28(39)16-25(19-37)43-20-26(31)30(32)40)17-21-9-11-23(12-10-21)29(22-6-5-7-22)33-14-4-2-3-8-27(38)36-15-13-24(18-36)42-34-41/h19,21,23-26,33H,2-18,20,31H2,1H3,(H2,32,40). The van der Waals surface area contributed by atoms with E-state index in [0.717, 1.165) is 57.8 Å². The van der Waals surface area contributed by atoms with E-state index in [1.807, 2.05) is 0 Å². The van der Waals surface area contributed by atoms with E-state index in [1.165, 1.54) is 36.7 Å². The summed E-state index contributed by atoms with van der Waals surface area (Å²) in [5, 5.41) is 5.72. The summed E-state index contributed by atoms with van der Waals surface area (Å²) >= 11 is 1.20. The zero-order valence-corrected chi connectivity index (χ0v) is 26.4. The summed E-state index contributed by atoms with van der Waals surface area (Å²) in [5.74, 6) is 0.611. The number of amides is 3. The van der Waals surface area contributed by atoms with Crippen molar-refractivity contribution in [2.24, 2.45) is 28.6 Å². The molecule has 3 atom stereocenters. The minimum absolute atomic E-state index is 0.0751. The molecule has 13 heteroatoms. The second-order valence-electron chi connectivity index (χ2n) is 12.3. The molecule has 0 spiro atoms. The maximum atomic E-state index is 12.8. The van der Waals surface area contributed by atoms with Gasteiger partial charge in [-0.05, 0) is 69.6 Å². The van der Waals surface area contributed by atoms with Crippen LogP contribution in [-0.2, 0) is 24.0 Å². The van der Waals surface area contributed by atoms with E-state index >= 15 is 0 Å². The number of carbonyl (C=O) groups is 4. The van der Waals surface area contributed by atoms with Gasteiger partial charge in [-0.1, -0.05) is 12.0 Å². The Labute approximate surface area is 259 Å². The van der Waals surface area contributed by atoms with E-state index in [4.69, 9.17) is 16.3 Å². The van der Waals surface area contributed by atoms with Gasteiger partial charge in [0.1, 0.15) is 12.4 Å². The van der Waals surface area contributed by atoms with E-state index in [-0.39, 0.29) is 30.1 Å². The monoisotopic (exact) mass is 622 g/mol. The van der Waals surface area contributed by atoms with Gasteiger partial charge >= 0.3 is 0 Å². The van der Waals surface area contributed by atoms with Gasteiger partial charge in [0.05, 0.1) is 17.8 Å². The molecule has 0 aromatic rings. The van der Waals surface area contributed by atoms with Crippen molar-refractivity contribution in [2.45, 2.75) is 101 Å². The highest BCUT2D eigenvalue weighted by Crippen LogP contribution is 2.38. The normalized spacial score (nSPS) is 23.1. The van der Waals surface area contributed by atoms with E-state index in [1.54, 1.807) is 22.4 Å². The third kappa shape index (κ3) is 11.4. The summed E-state index contributed by atoms with van der Waals surface area (Å²) in [4.78, 5) is 66.3. The van der Waals surface area contributed by atoms with Crippen LogP contribution in [-0.4, -0.2) is 90.2 Å². The van der Waals surface area contributed by atoms with E-state index in [9.17, 15) is 24.1 Å². The summed E-state index contributed by atoms with van der Waals surface area (Å²) in [6, 6.07) is -0.834. The Morgan fingerprint density at radius 3 is 2.53 bits per heavy atom. The average molecular weight is 623 g/mol. The third-order valence-electron chi connectivity index (χ3n) is 9.01. The number of unbranched alkanes of at least 4 members (excludes halogenated alkanes) is 2. The van der Waals surface area contributed by atoms with Gasteiger partial charge in [-0.25, -0.2) is 0 Å². The number of nitrogens with two attached hydrogens (primary N) is 2. The number of hydrogen-bond donors (Lipinski definition) is 3. The Balaban J connectivity index is 1.33. The quantitative estimate of drug-likeness (QED) is 0.0845. The van der Waals surface area contributed by atoms with Crippen LogP contribution in [0.5, 0.6) is 0 Å². The Kier molecular flexibility index (Phi) is 14.7. The molecule has 3 fully saturated rings. The largest absolute Gasteiger partial charge is 0.388 e. The molecule has 2 aliphatic carbocycles. The molecule has 242 valence electrons. The highest BCUT2D eigenvalue weighted by Gasteiger charge is 2.30. The molecular weight excluding hydrogens is 572 g/mol. The summed E-state index contributed by atoms with van der Waals surface area (Å²) in [6.45, 7) is 2.67. The van der Waals surface area contributed by atoms with Crippen LogP contribution in [0.15, 0.2) is 16.6 Å².